The van der Waals surface area contributed by atoms with Gasteiger partial charge in [-0.2, -0.15) is 5.10 Å². The molecule has 7 heteroatoms. The minimum Gasteiger partial charge on any atom is -0.478 e. The summed E-state index contributed by atoms with van der Waals surface area (Å²) in [5.74, 6) is -0.0701. The summed E-state index contributed by atoms with van der Waals surface area (Å²) in [6.07, 6.45) is 0. The lowest BCUT2D eigenvalue weighted by Crippen LogP contribution is -2.15. The Morgan fingerprint density at radius 2 is 1.89 bits per heavy atom. The highest BCUT2D eigenvalue weighted by Crippen LogP contribution is 2.43. The van der Waals surface area contributed by atoms with Crippen molar-refractivity contribution in [1.82, 2.24) is 9.78 Å². The molecule has 0 bridgehead atoms. The first-order valence-corrected chi connectivity index (χ1v) is 9.49. The number of thioether (sulfide) groups is 1. The number of carboxylic acid groups (broad SMARTS) is 1. The molecule has 1 amide bonds. The monoisotopic (exact) mass is 379 g/mol. The summed E-state index contributed by atoms with van der Waals surface area (Å²) in [5.41, 5.74) is 3.82. The van der Waals surface area contributed by atoms with Gasteiger partial charge in [0.15, 0.2) is 0 Å². The Bertz CT molecular complexity index is 1010. The van der Waals surface area contributed by atoms with E-state index in [1.807, 2.05) is 25.1 Å². The quantitative estimate of drug-likeness (QED) is 0.726. The van der Waals surface area contributed by atoms with Crippen LogP contribution in [0.2, 0.25) is 0 Å². The van der Waals surface area contributed by atoms with Gasteiger partial charge in [-0.05, 0) is 36.8 Å². The van der Waals surface area contributed by atoms with Crippen LogP contribution >= 0.6 is 11.8 Å². The second kappa shape index (κ2) is 6.92. The van der Waals surface area contributed by atoms with E-state index in [0.29, 0.717) is 17.3 Å². The number of benzene rings is 2. The van der Waals surface area contributed by atoms with Crippen LogP contribution in [-0.4, -0.2) is 32.5 Å². The number of aromatic nitrogens is 2. The predicted molar refractivity (Wildman–Crippen MR) is 105 cm³/mol. The number of nitrogens with zero attached hydrogens (tertiary/aromatic N) is 2. The molecule has 1 atom stereocenters. The fourth-order valence-electron chi connectivity index (χ4n) is 3.21. The Hall–Kier alpha value is -3.06. The Morgan fingerprint density at radius 3 is 2.56 bits per heavy atom. The Morgan fingerprint density at radius 1 is 1.19 bits per heavy atom. The van der Waals surface area contributed by atoms with Crippen LogP contribution in [0.4, 0.5) is 5.82 Å². The fourth-order valence-corrected chi connectivity index (χ4v) is 4.40. The second-order valence-corrected chi connectivity index (χ2v) is 7.35. The molecule has 136 valence electrons. The van der Waals surface area contributed by atoms with E-state index in [1.165, 1.54) is 12.1 Å². The van der Waals surface area contributed by atoms with Crippen molar-refractivity contribution in [2.24, 2.45) is 0 Å². The maximum Gasteiger partial charge on any atom is 0.335 e. The molecule has 6 nitrogen and oxygen atoms in total. The number of carbonyl (C=O) groups is 2. The smallest absolute Gasteiger partial charge is 0.335 e. The molecule has 2 heterocycles. The van der Waals surface area contributed by atoms with Gasteiger partial charge >= 0.3 is 5.97 Å². The van der Waals surface area contributed by atoms with Crippen LogP contribution in [0, 0.1) is 6.92 Å². The van der Waals surface area contributed by atoms with Crippen molar-refractivity contribution in [1.29, 1.82) is 0 Å². The van der Waals surface area contributed by atoms with E-state index < -0.39 is 5.97 Å². The first kappa shape index (κ1) is 17.4. The highest BCUT2D eigenvalue weighted by atomic mass is 32.2. The number of anilines is 1. The minimum absolute atomic E-state index is 0.00723. The number of aryl methyl sites for hydroxylation is 1. The summed E-state index contributed by atoms with van der Waals surface area (Å²) in [4.78, 5) is 23.4. The largest absolute Gasteiger partial charge is 0.478 e. The van der Waals surface area contributed by atoms with Crippen molar-refractivity contribution in [3.8, 4) is 5.69 Å². The molecule has 1 aromatic heterocycles. The zero-order chi connectivity index (χ0) is 19.0. The van der Waals surface area contributed by atoms with Gasteiger partial charge in [-0.15, -0.1) is 11.8 Å². The molecule has 0 fully saturated rings. The highest BCUT2D eigenvalue weighted by molar-refractivity contribution is 8.00. The van der Waals surface area contributed by atoms with Gasteiger partial charge in [0.25, 0.3) is 0 Å². The number of hydrogen-bond donors (Lipinski definition) is 2. The summed E-state index contributed by atoms with van der Waals surface area (Å²) in [6, 6.07) is 16.5. The number of fused-ring (bicyclic) bond motifs is 1. The van der Waals surface area contributed by atoms with E-state index in [9.17, 15) is 9.59 Å². The van der Waals surface area contributed by atoms with E-state index >= 15 is 0 Å². The highest BCUT2D eigenvalue weighted by Gasteiger charge is 2.30. The first-order valence-electron chi connectivity index (χ1n) is 8.44. The molecule has 0 saturated carbocycles. The van der Waals surface area contributed by atoms with E-state index in [4.69, 9.17) is 5.11 Å². The van der Waals surface area contributed by atoms with Crippen molar-refractivity contribution in [3.05, 3.63) is 77.0 Å². The summed E-state index contributed by atoms with van der Waals surface area (Å²) < 4.78 is 1.68. The third-order valence-electron chi connectivity index (χ3n) is 4.47. The normalized spacial score (nSPS) is 16.3. The molecule has 0 unspecified atom stereocenters. The molecule has 0 spiro atoms. The molecular weight excluding hydrogens is 362 g/mol. The van der Waals surface area contributed by atoms with E-state index in [2.05, 4.69) is 22.5 Å². The Labute approximate surface area is 160 Å². The van der Waals surface area contributed by atoms with Crippen LogP contribution in [0.3, 0.4) is 0 Å². The third kappa shape index (κ3) is 3.21. The lowest BCUT2D eigenvalue weighted by molar-refractivity contribution is -0.113. The first-order chi connectivity index (χ1) is 13.0. The standard InChI is InChI=1S/C20H17N3O3S/c1-12-17-18(13-5-3-2-4-6-13)27-11-16(24)21-19(17)23(22-12)15-9-7-14(8-10-15)20(25)26/h2-10,18H,11H2,1H3,(H,21,24)(H,25,26)/t18-/m0/s1. The van der Waals surface area contributed by atoms with Crippen molar-refractivity contribution in [2.45, 2.75) is 12.2 Å². The lowest BCUT2D eigenvalue weighted by Gasteiger charge is -2.15. The summed E-state index contributed by atoms with van der Waals surface area (Å²) >= 11 is 1.57. The van der Waals surface area contributed by atoms with E-state index in [1.54, 1.807) is 28.6 Å². The topological polar surface area (TPSA) is 84.2 Å². The van der Waals surface area contributed by atoms with Crippen LogP contribution in [0.1, 0.15) is 32.4 Å². The van der Waals surface area contributed by atoms with Gasteiger partial charge in [0.1, 0.15) is 5.82 Å². The minimum atomic E-state index is -0.981. The van der Waals surface area contributed by atoms with E-state index in [-0.39, 0.29) is 16.7 Å². The van der Waals surface area contributed by atoms with Crippen LogP contribution < -0.4 is 5.32 Å². The molecule has 2 aromatic carbocycles. The fraction of sp³-hybridized carbons (Fsp3) is 0.150. The molecule has 0 saturated heterocycles. The maximum absolute atomic E-state index is 12.3. The number of hydrogen-bond acceptors (Lipinski definition) is 4. The number of carboxylic acids is 1. The van der Waals surface area contributed by atoms with Crippen molar-refractivity contribution in [3.63, 3.8) is 0 Å². The average molecular weight is 379 g/mol. The van der Waals surface area contributed by atoms with Crippen LogP contribution in [-0.2, 0) is 4.79 Å². The third-order valence-corrected chi connectivity index (χ3v) is 5.74. The van der Waals surface area contributed by atoms with Crippen LogP contribution in [0.5, 0.6) is 0 Å². The molecule has 0 aliphatic carbocycles. The number of carbonyl (C=O) groups excluding carboxylic acids is 1. The lowest BCUT2D eigenvalue weighted by atomic mass is 10.0. The molecule has 4 rings (SSSR count). The number of nitrogens with one attached hydrogen (secondary N) is 1. The van der Waals surface area contributed by atoms with Gasteiger partial charge in [0.2, 0.25) is 5.91 Å². The van der Waals surface area contributed by atoms with Gasteiger partial charge in [-0.3, -0.25) is 4.79 Å². The van der Waals surface area contributed by atoms with Gasteiger partial charge in [-0.1, -0.05) is 30.3 Å². The van der Waals surface area contributed by atoms with Gasteiger partial charge in [-0.25, -0.2) is 9.48 Å². The summed E-state index contributed by atoms with van der Waals surface area (Å²) in [6.45, 7) is 1.93. The van der Waals surface area contributed by atoms with Gasteiger partial charge in [0.05, 0.1) is 27.9 Å². The molecule has 1 aliphatic rings. The number of rotatable bonds is 3. The van der Waals surface area contributed by atoms with Crippen LogP contribution in [0.25, 0.3) is 5.69 Å². The molecule has 3 aromatic rings. The van der Waals surface area contributed by atoms with Crippen molar-refractivity contribution in [2.75, 3.05) is 11.1 Å². The summed E-state index contributed by atoms with van der Waals surface area (Å²) in [7, 11) is 0. The molecule has 0 radical (unpaired) electrons. The SMILES string of the molecule is Cc1nn(-c2ccc(C(=O)O)cc2)c2c1[C@H](c1ccccc1)SCC(=O)N2. The molecule has 1 aliphatic heterocycles. The molecular formula is C20H17N3O3S. The zero-order valence-electron chi connectivity index (χ0n) is 14.5. The van der Waals surface area contributed by atoms with Gasteiger partial charge < -0.3 is 10.4 Å². The second-order valence-electron chi connectivity index (χ2n) is 6.26. The number of amides is 1. The zero-order valence-corrected chi connectivity index (χ0v) is 15.4. The predicted octanol–water partition coefficient (Wildman–Crippen LogP) is 3.65. The van der Waals surface area contributed by atoms with Crippen LogP contribution in [0.15, 0.2) is 54.6 Å². The maximum atomic E-state index is 12.3. The van der Waals surface area contributed by atoms with Crippen molar-refractivity contribution >= 4 is 29.5 Å². The molecule has 27 heavy (non-hydrogen) atoms. The average Bonchev–Trinajstić information content (AvgIpc) is 2.88. The van der Waals surface area contributed by atoms with Crippen molar-refractivity contribution < 1.29 is 14.7 Å². The summed E-state index contributed by atoms with van der Waals surface area (Å²) in [5, 5.41) is 16.7. The Balaban J connectivity index is 1.85. The Kier molecular flexibility index (Phi) is 4.45. The number of aromatic carboxylic acids is 1. The molecule has 2 N–H and O–H groups in total. The van der Waals surface area contributed by atoms with E-state index in [0.717, 1.165) is 16.8 Å². The van der Waals surface area contributed by atoms with Gasteiger partial charge in [0, 0.05) is 5.56 Å².